The van der Waals surface area contributed by atoms with Crippen LogP contribution in [0, 0.1) is 0 Å². The van der Waals surface area contributed by atoms with Crippen molar-refractivity contribution >= 4 is 12.6 Å². The fourth-order valence-corrected chi connectivity index (χ4v) is 1.83. The summed E-state index contributed by atoms with van der Waals surface area (Å²) in [5.74, 6) is 0.924. The Labute approximate surface area is 86.8 Å². The molecule has 1 heteroatoms. The van der Waals surface area contributed by atoms with Gasteiger partial charge in [-0.25, -0.2) is 0 Å². The molecule has 72 valence electrons. The van der Waals surface area contributed by atoms with Crippen LogP contribution in [0.3, 0.4) is 0 Å². The van der Waals surface area contributed by atoms with Gasteiger partial charge in [-0.05, 0) is 28.7 Å². The Hall–Kier alpha value is -0.430. The minimum Gasteiger partial charge on any atom is -0.179 e. The largest absolute Gasteiger partial charge is 0.179 e. The van der Waals surface area contributed by atoms with E-state index in [2.05, 4.69) is 57.7 Å². The molecular formula is C12H18S. The molecule has 0 aliphatic carbocycles. The Kier molecular flexibility index (Phi) is 3.43. The minimum absolute atomic E-state index is 0.250. The molecule has 0 unspecified atom stereocenters. The van der Waals surface area contributed by atoms with Gasteiger partial charge in [0.2, 0.25) is 0 Å². The Morgan fingerprint density at radius 2 is 1.77 bits per heavy atom. The monoisotopic (exact) mass is 194 g/mol. The van der Waals surface area contributed by atoms with E-state index in [9.17, 15) is 0 Å². The van der Waals surface area contributed by atoms with E-state index in [0.29, 0.717) is 0 Å². The van der Waals surface area contributed by atoms with Gasteiger partial charge < -0.3 is 0 Å². The summed E-state index contributed by atoms with van der Waals surface area (Å²) in [5, 5.41) is 0. The lowest BCUT2D eigenvalue weighted by atomic mass is 9.83. The van der Waals surface area contributed by atoms with Gasteiger partial charge >= 0.3 is 0 Å². The second-order valence-corrected chi connectivity index (χ2v) is 4.83. The molecule has 0 atom stereocenters. The van der Waals surface area contributed by atoms with Crippen LogP contribution in [-0.4, -0.2) is 5.75 Å². The van der Waals surface area contributed by atoms with Gasteiger partial charge in [0.15, 0.2) is 0 Å². The first-order chi connectivity index (χ1) is 6.05. The molecule has 0 saturated heterocycles. The number of hydrogen-bond acceptors (Lipinski definition) is 1. The number of benzene rings is 1. The van der Waals surface area contributed by atoms with Crippen LogP contribution in [-0.2, 0) is 11.8 Å². The minimum atomic E-state index is 0.250. The van der Waals surface area contributed by atoms with Crippen molar-refractivity contribution in [1.29, 1.82) is 0 Å². The number of aryl methyl sites for hydroxylation is 1. The van der Waals surface area contributed by atoms with Gasteiger partial charge in [-0.15, -0.1) is 0 Å². The maximum absolute atomic E-state index is 4.27. The van der Waals surface area contributed by atoms with Crippen LogP contribution in [0.1, 0.15) is 31.9 Å². The van der Waals surface area contributed by atoms with Crippen LogP contribution in [0.5, 0.6) is 0 Å². The van der Waals surface area contributed by atoms with Crippen LogP contribution in [0.2, 0.25) is 0 Å². The number of thiol groups is 1. The lowest BCUT2D eigenvalue weighted by Gasteiger charge is -2.22. The number of rotatable bonds is 2. The lowest BCUT2D eigenvalue weighted by molar-refractivity contribution is 0.583. The summed E-state index contributed by atoms with van der Waals surface area (Å²) >= 11 is 4.27. The molecule has 0 aromatic heterocycles. The normalized spacial score (nSPS) is 11.7. The van der Waals surface area contributed by atoms with Gasteiger partial charge in [-0.2, -0.15) is 12.6 Å². The summed E-state index contributed by atoms with van der Waals surface area (Å²) in [4.78, 5) is 0. The second-order valence-electron chi connectivity index (χ2n) is 4.38. The van der Waals surface area contributed by atoms with Crippen LogP contribution in [0.4, 0.5) is 0 Å². The van der Waals surface area contributed by atoms with Crippen molar-refractivity contribution in [2.75, 3.05) is 5.75 Å². The van der Waals surface area contributed by atoms with Gasteiger partial charge in [0, 0.05) is 0 Å². The van der Waals surface area contributed by atoms with Crippen molar-refractivity contribution in [3.05, 3.63) is 35.4 Å². The molecule has 1 aromatic carbocycles. The van der Waals surface area contributed by atoms with E-state index in [1.54, 1.807) is 0 Å². The summed E-state index contributed by atoms with van der Waals surface area (Å²) in [5.41, 5.74) is 3.13. The van der Waals surface area contributed by atoms with E-state index >= 15 is 0 Å². The lowest BCUT2D eigenvalue weighted by Crippen LogP contribution is -2.14. The third kappa shape index (κ3) is 2.77. The summed E-state index contributed by atoms with van der Waals surface area (Å²) in [6.07, 6.45) is 1.07. The molecule has 0 aliphatic rings. The van der Waals surface area contributed by atoms with Crippen LogP contribution in [0.25, 0.3) is 0 Å². The SMILES string of the molecule is CC(C)(C)c1ccccc1CCS. The van der Waals surface area contributed by atoms with Crippen LogP contribution >= 0.6 is 12.6 Å². The highest BCUT2D eigenvalue weighted by atomic mass is 32.1. The highest BCUT2D eigenvalue weighted by Crippen LogP contribution is 2.25. The van der Waals surface area contributed by atoms with E-state index in [1.165, 1.54) is 11.1 Å². The topological polar surface area (TPSA) is 0 Å². The van der Waals surface area contributed by atoms with Gasteiger partial charge in [0.25, 0.3) is 0 Å². The average Bonchev–Trinajstić information content (AvgIpc) is 2.04. The van der Waals surface area contributed by atoms with Crippen LogP contribution in [0.15, 0.2) is 24.3 Å². The Bertz CT molecular complexity index is 271. The first kappa shape index (κ1) is 10.6. The predicted molar refractivity (Wildman–Crippen MR) is 62.7 cm³/mol. The maximum Gasteiger partial charge on any atom is -0.00572 e. The fourth-order valence-electron chi connectivity index (χ4n) is 1.59. The van der Waals surface area contributed by atoms with E-state index in [-0.39, 0.29) is 5.41 Å². The van der Waals surface area contributed by atoms with E-state index in [0.717, 1.165) is 12.2 Å². The zero-order valence-corrected chi connectivity index (χ0v) is 9.57. The Balaban J connectivity index is 3.05. The zero-order valence-electron chi connectivity index (χ0n) is 8.67. The third-order valence-electron chi connectivity index (χ3n) is 2.21. The average molecular weight is 194 g/mol. The van der Waals surface area contributed by atoms with Crippen molar-refractivity contribution in [2.24, 2.45) is 0 Å². The summed E-state index contributed by atoms with van der Waals surface area (Å²) < 4.78 is 0. The first-order valence-corrected chi connectivity index (χ1v) is 5.38. The predicted octanol–water partition coefficient (Wildman–Crippen LogP) is 3.46. The quantitative estimate of drug-likeness (QED) is 0.685. The van der Waals surface area contributed by atoms with Crippen molar-refractivity contribution in [3.8, 4) is 0 Å². The Morgan fingerprint density at radius 1 is 1.15 bits per heavy atom. The van der Waals surface area contributed by atoms with E-state index in [4.69, 9.17) is 0 Å². The molecule has 1 rings (SSSR count). The summed E-state index contributed by atoms with van der Waals surface area (Å²) in [6.45, 7) is 6.76. The molecule has 0 saturated carbocycles. The van der Waals surface area contributed by atoms with E-state index in [1.807, 2.05) is 0 Å². The van der Waals surface area contributed by atoms with Crippen molar-refractivity contribution in [1.82, 2.24) is 0 Å². The van der Waals surface area contributed by atoms with Crippen LogP contribution < -0.4 is 0 Å². The molecule has 0 amide bonds. The fraction of sp³-hybridized carbons (Fsp3) is 0.500. The van der Waals surface area contributed by atoms with Crippen molar-refractivity contribution in [3.63, 3.8) is 0 Å². The highest BCUT2D eigenvalue weighted by molar-refractivity contribution is 7.80. The molecule has 0 N–H and O–H groups in total. The molecule has 0 heterocycles. The maximum atomic E-state index is 4.27. The van der Waals surface area contributed by atoms with E-state index < -0.39 is 0 Å². The highest BCUT2D eigenvalue weighted by Gasteiger charge is 2.16. The molecule has 0 radical (unpaired) electrons. The standard InChI is InChI=1S/C12H18S/c1-12(2,3)11-7-5-4-6-10(11)8-9-13/h4-7,13H,8-9H2,1-3H3. The van der Waals surface area contributed by atoms with Gasteiger partial charge in [-0.3, -0.25) is 0 Å². The summed E-state index contributed by atoms with van der Waals surface area (Å²) in [6, 6.07) is 8.65. The molecule has 0 nitrogen and oxygen atoms in total. The zero-order chi connectivity index (χ0) is 9.90. The summed E-state index contributed by atoms with van der Waals surface area (Å²) in [7, 11) is 0. The molecular weight excluding hydrogens is 176 g/mol. The van der Waals surface area contributed by atoms with Gasteiger partial charge in [0.05, 0.1) is 0 Å². The molecule has 0 fully saturated rings. The van der Waals surface area contributed by atoms with Crippen molar-refractivity contribution < 1.29 is 0 Å². The molecule has 13 heavy (non-hydrogen) atoms. The molecule has 0 bridgehead atoms. The molecule has 0 aliphatic heterocycles. The molecule has 0 spiro atoms. The third-order valence-corrected chi connectivity index (χ3v) is 2.43. The van der Waals surface area contributed by atoms with Crippen molar-refractivity contribution in [2.45, 2.75) is 32.6 Å². The number of hydrogen-bond donors (Lipinski definition) is 1. The Morgan fingerprint density at radius 3 is 2.31 bits per heavy atom. The second kappa shape index (κ2) is 4.19. The molecule has 1 aromatic rings. The van der Waals surface area contributed by atoms with Gasteiger partial charge in [-0.1, -0.05) is 45.0 Å². The van der Waals surface area contributed by atoms with Gasteiger partial charge in [0.1, 0.15) is 0 Å². The first-order valence-electron chi connectivity index (χ1n) is 4.75. The smallest absolute Gasteiger partial charge is 0.00572 e.